The highest BCUT2D eigenvalue weighted by Crippen LogP contribution is 2.19. The maximum absolute atomic E-state index is 13.2. The van der Waals surface area contributed by atoms with Gasteiger partial charge in [0.2, 0.25) is 0 Å². The van der Waals surface area contributed by atoms with Gasteiger partial charge in [0.1, 0.15) is 5.65 Å². The molecule has 12 heavy (non-hydrogen) atoms. The van der Waals surface area contributed by atoms with Crippen molar-refractivity contribution in [3.8, 4) is 0 Å². The van der Waals surface area contributed by atoms with Crippen LogP contribution in [0, 0.1) is 12.7 Å². The van der Waals surface area contributed by atoms with Crippen molar-refractivity contribution in [1.29, 1.82) is 0 Å². The Morgan fingerprint density at radius 1 is 1.50 bits per heavy atom. The lowest BCUT2D eigenvalue weighted by atomic mass is 10.2. The Kier molecular flexibility index (Phi) is 1.40. The topological polar surface area (TPSA) is 17.8 Å². The van der Waals surface area contributed by atoms with Gasteiger partial charge in [0.25, 0.3) is 0 Å². The predicted octanol–water partition coefficient (Wildman–Crippen LogP) is 2.02. The van der Waals surface area contributed by atoms with Gasteiger partial charge in [-0.05, 0) is 18.6 Å². The van der Waals surface area contributed by atoms with Crippen LogP contribution in [-0.4, -0.2) is 9.55 Å². The van der Waals surface area contributed by atoms with E-state index in [2.05, 4.69) is 4.98 Å². The quantitative estimate of drug-likeness (QED) is 0.582. The minimum atomic E-state index is -0.196. The first-order chi connectivity index (χ1) is 5.70. The van der Waals surface area contributed by atoms with Crippen LogP contribution >= 0.6 is 0 Å². The number of rotatable bonds is 0. The van der Waals surface area contributed by atoms with Gasteiger partial charge in [-0.25, -0.2) is 9.37 Å². The van der Waals surface area contributed by atoms with Crippen molar-refractivity contribution < 1.29 is 4.39 Å². The molecule has 0 saturated carbocycles. The summed E-state index contributed by atoms with van der Waals surface area (Å²) in [5, 5.41) is 0.625. The molecule has 3 heteroatoms. The SMILES string of the molecule is Cc1ccnc2c1c(F)cn2C. The van der Waals surface area contributed by atoms with Crippen molar-refractivity contribution in [2.24, 2.45) is 7.05 Å². The molecule has 0 aliphatic rings. The molecule has 0 fully saturated rings. The van der Waals surface area contributed by atoms with Gasteiger partial charge in [0, 0.05) is 19.4 Å². The van der Waals surface area contributed by atoms with E-state index in [-0.39, 0.29) is 5.82 Å². The first-order valence-corrected chi connectivity index (χ1v) is 3.76. The van der Waals surface area contributed by atoms with E-state index in [9.17, 15) is 4.39 Å². The molecule has 0 aliphatic heterocycles. The summed E-state index contributed by atoms with van der Waals surface area (Å²) in [6.45, 7) is 1.88. The highest BCUT2D eigenvalue weighted by Gasteiger charge is 2.08. The maximum atomic E-state index is 13.2. The van der Waals surface area contributed by atoms with Gasteiger partial charge in [-0.1, -0.05) is 0 Å². The molecule has 0 unspecified atom stereocenters. The van der Waals surface area contributed by atoms with Crippen LogP contribution < -0.4 is 0 Å². The molecule has 0 saturated heterocycles. The zero-order valence-electron chi connectivity index (χ0n) is 7.00. The maximum Gasteiger partial charge on any atom is 0.150 e. The lowest BCUT2D eigenvalue weighted by molar-refractivity contribution is 0.633. The van der Waals surface area contributed by atoms with E-state index in [0.29, 0.717) is 11.0 Å². The number of halogens is 1. The van der Waals surface area contributed by atoms with Crippen LogP contribution in [0.3, 0.4) is 0 Å². The number of aryl methyl sites for hydroxylation is 2. The van der Waals surface area contributed by atoms with Crippen LogP contribution in [0.25, 0.3) is 11.0 Å². The molecule has 0 aromatic carbocycles. The molecule has 0 radical (unpaired) electrons. The summed E-state index contributed by atoms with van der Waals surface area (Å²) in [4.78, 5) is 4.09. The van der Waals surface area contributed by atoms with Crippen LogP contribution in [-0.2, 0) is 7.05 Å². The van der Waals surface area contributed by atoms with Crippen molar-refractivity contribution in [2.75, 3.05) is 0 Å². The van der Waals surface area contributed by atoms with Gasteiger partial charge >= 0.3 is 0 Å². The number of aromatic nitrogens is 2. The van der Waals surface area contributed by atoms with Crippen molar-refractivity contribution in [3.05, 3.63) is 29.8 Å². The molecule has 2 aromatic heterocycles. The fraction of sp³-hybridized carbons (Fsp3) is 0.222. The molecule has 0 amide bonds. The van der Waals surface area contributed by atoms with E-state index in [1.54, 1.807) is 17.8 Å². The molecule has 62 valence electrons. The number of pyridine rings is 1. The highest BCUT2D eigenvalue weighted by molar-refractivity contribution is 5.80. The summed E-state index contributed by atoms with van der Waals surface area (Å²) in [7, 11) is 1.79. The van der Waals surface area contributed by atoms with Gasteiger partial charge in [-0.2, -0.15) is 0 Å². The lowest BCUT2D eigenvalue weighted by Gasteiger charge is -1.95. The molecule has 2 aromatic rings. The normalized spacial score (nSPS) is 10.9. The van der Waals surface area contributed by atoms with E-state index >= 15 is 0 Å². The number of fused-ring (bicyclic) bond motifs is 1. The summed E-state index contributed by atoms with van der Waals surface area (Å²) in [5.41, 5.74) is 1.63. The molecule has 0 atom stereocenters. The molecule has 0 bridgehead atoms. The molecule has 0 aliphatic carbocycles. The minimum Gasteiger partial charge on any atom is -0.333 e. The van der Waals surface area contributed by atoms with Crippen molar-refractivity contribution in [3.63, 3.8) is 0 Å². The second-order valence-corrected chi connectivity index (χ2v) is 2.91. The Morgan fingerprint density at radius 2 is 2.25 bits per heavy atom. The third-order valence-electron chi connectivity index (χ3n) is 2.02. The lowest BCUT2D eigenvalue weighted by Crippen LogP contribution is -1.87. The minimum absolute atomic E-state index is 0.196. The van der Waals surface area contributed by atoms with Gasteiger partial charge in [-0.3, -0.25) is 0 Å². The van der Waals surface area contributed by atoms with Gasteiger partial charge in [-0.15, -0.1) is 0 Å². The third-order valence-corrected chi connectivity index (χ3v) is 2.02. The van der Waals surface area contributed by atoms with Crippen molar-refractivity contribution in [1.82, 2.24) is 9.55 Å². The van der Waals surface area contributed by atoms with E-state index < -0.39 is 0 Å². The molecule has 2 rings (SSSR count). The molecular formula is C9H9FN2. The summed E-state index contributed by atoms with van der Waals surface area (Å²) in [6, 6.07) is 1.81. The summed E-state index contributed by atoms with van der Waals surface area (Å²) >= 11 is 0. The van der Waals surface area contributed by atoms with Gasteiger partial charge in [0.15, 0.2) is 5.82 Å². The van der Waals surface area contributed by atoms with Crippen LogP contribution in [0.15, 0.2) is 18.5 Å². The van der Waals surface area contributed by atoms with Crippen molar-refractivity contribution >= 4 is 11.0 Å². The molecule has 2 heterocycles. The second-order valence-electron chi connectivity index (χ2n) is 2.91. The Labute approximate surface area is 69.6 Å². The molecule has 0 spiro atoms. The Morgan fingerprint density at radius 3 is 2.92 bits per heavy atom. The average molecular weight is 164 g/mol. The standard InChI is InChI=1S/C9H9FN2/c1-6-3-4-11-9-8(6)7(10)5-12(9)2/h3-5H,1-2H3. The highest BCUT2D eigenvalue weighted by atomic mass is 19.1. The van der Waals surface area contributed by atoms with Crippen LogP contribution in [0.5, 0.6) is 0 Å². The van der Waals surface area contributed by atoms with E-state index in [4.69, 9.17) is 0 Å². The number of nitrogens with zero attached hydrogens (tertiary/aromatic N) is 2. The predicted molar refractivity (Wildman–Crippen MR) is 45.4 cm³/mol. The first kappa shape index (κ1) is 7.28. The average Bonchev–Trinajstić information content (AvgIpc) is 2.29. The Balaban J connectivity index is 2.99. The van der Waals surface area contributed by atoms with Gasteiger partial charge < -0.3 is 4.57 Å². The van der Waals surface area contributed by atoms with E-state index in [1.807, 2.05) is 13.0 Å². The fourth-order valence-corrected chi connectivity index (χ4v) is 1.40. The smallest absolute Gasteiger partial charge is 0.150 e. The van der Waals surface area contributed by atoms with E-state index in [1.165, 1.54) is 6.20 Å². The second kappa shape index (κ2) is 2.30. The molecular weight excluding hydrogens is 155 g/mol. The first-order valence-electron chi connectivity index (χ1n) is 3.76. The monoisotopic (exact) mass is 164 g/mol. The zero-order valence-corrected chi connectivity index (χ0v) is 7.00. The number of hydrogen-bond donors (Lipinski definition) is 0. The third kappa shape index (κ3) is 0.826. The number of hydrogen-bond acceptors (Lipinski definition) is 1. The Bertz CT molecular complexity index is 431. The molecule has 0 N–H and O–H groups in total. The van der Waals surface area contributed by atoms with E-state index in [0.717, 1.165) is 5.56 Å². The molecule has 2 nitrogen and oxygen atoms in total. The van der Waals surface area contributed by atoms with Crippen LogP contribution in [0.2, 0.25) is 0 Å². The fourth-order valence-electron chi connectivity index (χ4n) is 1.40. The summed E-state index contributed by atoms with van der Waals surface area (Å²) in [6.07, 6.45) is 3.14. The Hall–Kier alpha value is -1.38. The van der Waals surface area contributed by atoms with Crippen LogP contribution in [0.4, 0.5) is 4.39 Å². The zero-order chi connectivity index (χ0) is 8.72. The van der Waals surface area contributed by atoms with Crippen molar-refractivity contribution in [2.45, 2.75) is 6.92 Å². The van der Waals surface area contributed by atoms with Crippen LogP contribution in [0.1, 0.15) is 5.56 Å². The summed E-state index contributed by atoms with van der Waals surface area (Å²) < 4.78 is 14.9. The summed E-state index contributed by atoms with van der Waals surface area (Å²) in [5.74, 6) is -0.196. The largest absolute Gasteiger partial charge is 0.333 e. The van der Waals surface area contributed by atoms with Gasteiger partial charge in [0.05, 0.1) is 5.39 Å².